The summed E-state index contributed by atoms with van der Waals surface area (Å²) in [5.74, 6) is 1.52. The summed E-state index contributed by atoms with van der Waals surface area (Å²) in [5.41, 5.74) is 5.83. The molecule has 8 nitrogen and oxygen atoms in total. The van der Waals surface area contributed by atoms with Crippen molar-refractivity contribution < 1.29 is 18.5 Å². The maximum atomic E-state index is 13.7. The van der Waals surface area contributed by atoms with Crippen molar-refractivity contribution in [2.45, 2.75) is 77.0 Å². The summed E-state index contributed by atoms with van der Waals surface area (Å²) in [4.78, 5) is 18.7. The number of allylic oxidation sites excluding steroid dienone is 2. The standard InChI is InChI=1S/C43H54N4O4S/c1-5-7-27-50-28-29-51-40-20-15-35(16-21-40)42-24-17-36(12-11-26-47(42,31-34(3)4)39-13-9-8-10-14-39)43(48)45-37-18-22-41(23-19-37)52(49)32-38-30-44-33-46(38)25-6-2/h8-10,13-24,30,33-34H,5-7,11-12,25-29,31-32H2,1-4H3/p+1. The fourth-order valence-electron chi connectivity index (χ4n) is 6.82. The van der Waals surface area contributed by atoms with Crippen molar-refractivity contribution in [2.24, 2.45) is 5.92 Å². The fourth-order valence-corrected chi connectivity index (χ4v) is 7.93. The van der Waals surface area contributed by atoms with Crippen molar-refractivity contribution in [3.05, 3.63) is 120 Å². The number of aryl methyl sites for hydroxylation is 1. The molecule has 1 aliphatic rings. The van der Waals surface area contributed by atoms with E-state index in [1.165, 1.54) is 5.69 Å². The Kier molecular flexibility index (Phi) is 14.6. The van der Waals surface area contributed by atoms with Crippen LogP contribution in [0.25, 0.3) is 5.70 Å². The van der Waals surface area contributed by atoms with Crippen molar-refractivity contribution in [3.8, 4) is 5.75 Å². The number of ether oxygens (including phenoxy) is 2. The van der Waals surface area contributed by atoms with Crippen LogP contribution in [-0.4, -0.2) is 52.6 Å². The first-order valence-electron chi connectivity index (χ1n) is 18.8. The molecule has 0 saturated heterocycles. The summed E-state index contributed by atoms with van der Waals surface area (Å²) >= 11 is 0. The Morgan fingerprint density at radius 3 is 2.42 bits per heavy atom. The third kappa shape index (κ3) is 10.4. The minimum Gasteiger partial charge on any atom is -0.491 e. The highest BCUT2D eigenvalue weighted by atomic mass is 32.2. The predicted molar refractivity (Wildman–Crippen MR) is 213 cm³/mol. The second-order valence-electron chi connectivity index (χ2n) is 13.8. The third-order valence-corrected chi connectivity index (χ3v) is 10.7. The molecular weight excluding hydrogens is 669 g/mol. The van der Waals surface area contributed by atoms with Crippen LogP contribution >= 0.6 is 0 Å². The van der Waals surface area contributed by atoms with Crippen LogP contribution in [-0.2, 0) is 32.6 Å². The molecule has 0 bridgehead atoms. The highest BCUT2D eigenvalue weighted by molar-refractivity contribution is 7.84. The van der Waals surface area contributed by atoms with E-state index in [9.17, 15) is 9.00 Å². The van der Waals surface area contributed by atoms with Crippen LogP contribution in [0.2, 0.25) is 0 Å². The lowest BCUT2D eigenvalue weighted by molar-refractivity contribution is -0.113. The number of hydrogen-bond acceptors (Lipinski definition) is 5. The van der Waals surface area contributed by atoms with Crippen molar-refractivity contribution in [3.63, 3.8) is 0 Å². The summed E-state index contributed by atoms with van der Waals surface area (Å²) in [6, 6.07) is 26.4. The number of imidazole rings is 1. The van der Waals surface area contributed by atoms with Crippen molar-refractivity contribution in [2.75, 3.05) is 38.2 Å². The average Bonchev–Trinajstić information content (AvgIpc) is 3.58. The van der Waals surface area contributed by atoms with Crippen LogP contribution in [0.3, 0.4) is 0 Å². The summed E-state index contributed by atoms with van der Waals surface area (Å²) in [5, 5.41) is 3.10. The SMILES string of the molecule is CCCCOCCOc1ccc(C2=CC=C(C(=O)Nc3ccc(S(=O)Cc4cncn4CCC)cc3)CCC[N+]2(CC(C)C)c2ccccc2)cc1. The third-order valence-electron chi connectivity index (χ3n) is 9.31. The van der Waals surface area contributed by atoms with Crippen LogP contribution in [0.1, 0.15) is 71.1 Å². The molecule has 3 aromatic carbocycles. The first-order chi connectivity index (χ1) is 25.3. The predicted octanol–water partition coefficient (Wildman–Crippen LogP) is 9.16. The summed E-state index contributed by atoms with van der Waals surface area (Å²) < 4.78 is 27.6. The Bertz CT molecular complexity index is 1800. The zero-order valence-corrected chi connectivity index (χ0v) is 32.1. The lowest BCUT2D eigenvalue weighted by Gasteiger charge is -2.41. The molecule has 2 atom stereocenters. The highest BCUT2D eigenvalue weighted by Crippen LogP contribution is 2.39. The van der Waals surface area contributed by atoms with Gasteiger partial charge in [-0.2, -0.15) is 0 Å². The number of rotatable bonds is 18. The molecule has 52 heavy (non-hydrogen) atoms. The quantitative estimate of drug-likeness (QED) is 0.0818. The smallest absolute Gasteiger partial charge is 0.251 e. The van der Waals surface area contributed by atoms with Gasteiger partial charge in [0.25, 0.3) is 5.91 Å². The first-order valence-corrected chi connectivity index (χ1v) is 20.1. The number of benzene rings is 3. The molecule has 5 rings (SSSR count). The molecule has 2 heterocycles. The summed E-state index contributed by atoms with van der Waals surface area (Å²) in [6.07, 6.45) is 12.4. The van der Waals surface area contributed by atoms with Gasteiger partial charge in [0.1, 0.15) is 23.7 Å². The Hall–Kier alpha value is -4.31. The molecule has 0 aliphatic carbocycles. The van der Waals surface area contributed by atoms with Gasteiger partial charge in [-0.3, -0.25) is 13.5 Å². The second-order valence-corrected chi connectivity index (χ2v) is 15.3. The van der Waals surface area contributed by atoms with E-state index < -0.39 is 10.8 Å². The number of quaternary nitrogens is 1. The molecule has 0 spiro atoms. The number of hydrogen-bond donors (Lipinski definition) is 1. The van der Waals surface area contributed by atoms with Gasteiger partial charge < -0.3 is 19.4 Å². The Labute approximate surface area is 312 Å². The van der Waals surface area contributed by atoms with Crippen molar-refractivity contribution >= 4 is 33.8 Å². The number of nitrogens with zero attached hydrogens (tertiary/aromatic N) is 3. The zero-order chi connectivity index (χ0) is 36.8. The van der Waals surface area contributed by atoms with Crippen LogP contribution in [0, 0.1) is 5.92 Å². The Balaban J connectivity index is 1.37. The molecule has 1 aromatic heterocycles. The van der Waals surface area contributed by atoms with E-state index in [1.807, 2.05) is 42.5 Å². The van der Waals surface area contributed by atoms with Crippen LogP contribution < -0.4 is 14.5 Å². The van der Waals surface area contributed by atoms with Crippen LogP contribution in [0.15, 0.2) is 114 Å². The van der Waals surface area contributed by atoms with Gasteiger partial charge in [-0.25, -0.2) is 4.98 Å². The number of carbonyl (C=O) groups is 1. The maximum Gasteiger partial charge on any atom is 0.251 e. The van der Waals surface area contributed by atoms with Gasteiger partial charge in [0.2, 0.25) is 0 Å². The van der Waals surface area contributed by atoms with Crippen LogP contribution in [0.4, 0.5) is 11.4 Å². The second kappa shape index (κ2) is 19.5. The molecule has 9 heteroatoms. The van der Waals surface area contributed by atoms with Gasteiger partial charge in [-0.05, 0) is 86.0 Å². The molecule has 4 aromatic rings. The largest absolute Gasteiger partial charge is 0.491 e. The van der Waals surface area contributed by atoms with E-state index in [1.54, 1.807) is 12.5 Å². The highest BCUT2D eigenvalue weighted by Gasteiger charge is 2.38. The molecule has 1 aliphatic heterocycles. The molecule has 1 N–H and O–H groups in total. The maximum absolute atomic E-state index is 13.7. The lowest BCUT2D eigenvalue weighted by atomic mass is 9.97. The number of para-hydroxylation sites is 1. The van der Waals surface area contributed by atoms with Gasteiger partial charge in [0.05, 0.1) is 48.3 Å². The first kappa shape index (κ1) is 38.9. The molecule has 0 saturated carbocycles. The topological polar surface area (TPSA) is 82.4 Å². The van der Waals surface area contributed by atoms with E-state index in [2.05, 4.69) is 91.1 Å². The van der Waals surface area contributed by atoms with Crippen molar-refractivity contribution in [1.82, 2.24) is 14.0 Å². The molecule has 276 valence electrons. The van der Waals surface area contributed by atoms with E-state index in [0.29, 0.717) is 41.5 Å². The summed E-state index contributed by atoms with van der Waals surface area (Å²) in [6.45, 7) is 13.3. The Morgan fingerprint density at radius 1 is 0.942 bits per heavy atom. The minimum atomic E-state index is -1.22. The molecular formula is C43H55N4O4S+. The zero-order valence-electron chi connectivity index (χ0n) is 31.3. The van der Waals surface area contributed by atoms with E-state index in [0.717, 1.165) is 85.1 Å². The fraction of sp³-hybridized carbons (Fsp3) is 0.395. The normalized spacial score (nSPS) is 16.8. The van der Waals surface area contributed by atoms with Gasteiger partial charge in [0.15, 0.2) is 0 Å². The molecule has 0 radical (unpaired) electrons. The molecule has 1 amide bonds. The number of carbonyl (C=O) groups excluding carboxylic acids is 1. The van der Waals surface area contributed by atoms with Crippen LogP contribution in [0.5, 0.6) is 5.75 Å². The van der Waals surface area contributed by atoms with Gasteiger partial charge in [-0.1, -0.05) is 52.3 Å². The number of aromatic nitrogens is 2. The average molecular weight is 724 g/mol. The number of unbranched alkanes of at least 4 members (excludes halogenated alkanes) is 1. The van der Waals surface area contributed by atoms with Crippen molar-refractivity contribution in [1.29, 1.82) is 0 Å². The van der Waals surface area contributed by atoms with Gasteiger partial charge in [-0.15, -0.1) is 0 Å². The molecule has 0 fully saturated rings. The number of nitrogens with one attached hydrogen (secondary N) is 1. The monoisotopic (exact) mass is 723 g/mol. The summed E-state index contributed by atoms with van der Waals surface area (Å²) in [7, 11) is -1.22. The van der Waals surface area contributed by atoms with E-state index in [-0.39, 0.29) is 5.91 Å². The number of amides is 1. The lowest BCUT2D eigenvalue weighted by Crippen LogP contribution is -2.51. The Morgan fingerprint density at radius 2 is 1.71 bits per heavy atom. The number of anilines is 1. The van der Waals surface area contributed by atoms with Gasteiger partial charge >= 0.3 is 0 Å². The van der Waals surface area contributed by atoms with E-state index in [4.69, 9.17) is 9.47 Å². The molecule has 2 unspecified atom stereocenters. The minimum absolute atomic E-state index is 0.124. The van der Waals surface area contributed by atoms with E-state index >= 15 is 0 Å². The van der Waals surface area contributed by atoms with Gasteiger partial charge in [0, 0.05) is 59.5 Å².